The zero-order valence-corrected chi connectivity index (χ0v) is 15.1. The van der Waals surface area contributed by atoms with Gasteiger partial charge in [0.2, 0.25) is 0 Å². The van der Waals surface area contributed by atoms with Gasteiger partial charge in [-0.25, -0.2) is 0 Å². The van der Waals surface area contributed by atoms with Gasteiger partial charge in [-0.1, -0.05) is 15.9 Å². The van der Waals surface area contributed by atoms with Gasteiger partial charge < -0.3 is 9.47 Å². The van der Waals surface area contributed by atoms with Crippen LogP contribution in [-0.4, -0.2) is 35.6 Å². The Morgan fingerprint density at radius 1 is 1.10 bits per heavy atom. The number of ether oxygens (including phenoxy) is 2. The largest absolute Gasteiger partial charge is 0.460 e. The molecule has 0 aromatic heterocycles. The fraction of sp³-hybridized carbons (Fsp3) is 0.857. The first-order valence-electron chi connectivity index (χ1n) is 6.82. The Kier molecular flexibility index (Phi) is 13.1. The molecule has 6 heteroatoms. The molecule has 0 atom stereocenters. The molecule has 122 valence electrons. The summed E-state index contributed by atoms with van der Waals surface area (Å²) in [6.45, 7) is 12.5. The quantitative estimate of drug-likeness (QED) is 0.551. The minimum absolute atomic E-state index is 0.149. The lowest BCUT2D eigenvalue weighted by molar-refractivity contribution is -0.154. The first-order chi connectivity index (χ1) is 9.29. The molecule has 0 aliphatic rings. The molecule has 0 saturated heterocycles. The molecule has 0 amide bonds. The predicted octanol–water partition coefficient (Wildman–Crippen LogP) is 4.05. The lowest BCUT2D eigenvalue weighted by Gasteiger charge is -2.18. The van der Waals surface area contributed by atoms with Crippen molar-refractivity contribution in [3.63, 3.8) is 0 Å². The summed E-state index contributed by atoms with van der Waals surface area (Å²) in [4.78, 5) is 21.0. The van der Waals surface area contributed by atoms with Crippen molar-refractivity contribution in [2.45, 2.75) is 66.1 Å². The molecule has 0 fully saturated rings. The van der Waals surface area contributed by atoms with Crippen molar-refractivity contribution in [1.82, 2.24) is 0 Å². The Labute approximate surface area is 131 Å². The lowest BCUT2D eigenvalue weighted by atomic mass is 10.2. The van der Waals surface area contributed by atoms with Crippen LogP contribution in [0.1, 0.15) is 56.3 Å². The fourth-order valence-corrected chi connectivity index (χ4v) is 1.22. The smallest absolute Gasteiger partial charge is 0.307 e. The van der Waals surface area contributed by atoms with Crippen LogP contribution in [0, 0.1) is 0 Å². The summed E-state index contributed by atoms with van der Waals surface area (Å²) in [6.07, 6.45) is 0.442. The molecule has 20 heavy (non-hydrogen) atoms. The molecule has 0 heterocycles. The second-order valence-corrected chi connectivity index (χ2v) is 6.52. The van der Waals surface area contributed by atoms with Gasteiger partial charge in [0.1, 0.15) is 11.2 Å². The molecule has 0 N–H and O–H groups in total. The highest BCUT2D eigenvalue weighted by Gasteiger charge is 2.14. The standard InChI is InChI=1S/C7H13BrO2.C6H12O2.CH3F/c1-7(2,3)10-6(9)4-5-8;1-5(7)8-6(2,3)4;1-2/h4-5H2,1-3H3;1-4H3;1H3/i;;1D. The minimum atomic E-state index is -1.00. The Balaban J connectivity index is -0.000000264. The van der Waals surface area contributed by atoms with Crippen LogP contribution in [0.3, 0.4) is 0 Å². The average Bonchev–Trinajstić information content (AvgIpc) is 2.11. The van der Waals surface area contributed by atoms with Gasteiger partial charge in [-0.15, -0.1) is 0 Å². The highest BCUT2D eigenvalue weighted by atomic mass is 79.9. The van der Waals surface area contributed by atoms with Crippen molar-refractivity contribution in [3.05, 3.63) is 0 Å². The third kappa shape index (κ3) is 30.4. The van der Waals surface area contributed by atoms with E-state index < -0.39 is 7.15 Å². The van der Waals surface area contributed by atoms with E-state index >= 15 is 0 Å². The number of rotatable bonds is 2. The number of hydrogen-bond donors (Lipinski definition) is 0. The molecule has 0 rings (SSSR count). The molecule has 0 spiro atoms. The molecule has 0 radical (unpaired) electrons. The van der Waals surface area contributed by atoms with E-state index in [0.717, 1.165) is 0 Å². The molecule has 0 aromatic carbocycles. The molecular weight excluding hydrogens is 331 g/mol. The van der Waals surface area contributed by atoms with E-state index in [1.165, 1.54) is 6.92 Å². The Bertz CT molecular complexity index is 286. The average molecular weight is 360 g/mol. The van der Waals surface area contributed by atoms with Crippen molar-refractivity contribution in [1.29, 1.82) is 0 Å². The summed E-state index contributed by atoms with van der Waals surface area (Å²) in [7, 11) is -1.00. The maximum Gasteiger partial charge on any atom is 0.307 e. The number of carbonyl (C=O) groups excluding carboxylic acids is 2. The zero-order chi connectivity index (χ0) is 17.7. The molecule has 0 unspecified atom stereocenters. The first kappa shape index (κ1) is 21.6. The molecule has 0 aliphatic carbocycles. The maximum absolute atomic E-state index is 10.8. The number of carbonyl (C=O) groups is 2. The summed E-state index contributed by atoms with van der Waals surface area (Å²) in [5, 5.41) is 0.669. The van der Waals surface area contributed by atoms with Crippen LogP contribution < -0.4 is 0 Å². The highest BCUT2D eigenvalue weighted by molar-refractivity contribution is 9.09. The van der Waals surface area contributed by atoms with Gasteiger partial charge in [-0.2, -0.15) is 0 Å². The molecular formula is C14H28BrFO4. The summed E-state index contributed by atoms with van der Waals surface area (Å²) >= 11 is 3.16. The Hall–Kier alpha value is -0.650. The van der Waals surface area contributed by atoms with Crippen LogP contribution in [0.2, 0.25) is 0 Å². The second kappa shape index (κ2) is 12.1. The Morgan fingerprint density at radius 2 is 1.45 bits per heavy atom. The van der Waals surface area contributed by atoms with Gasteiger partial charge in [-0.3, -0.25) is 14.0 Å². The molecule has 0 bridgehead atoms. The Morgan fingerprint density at radius 3 is 1.60 bits per heavy atom. The van der Waals surface area contributed by atoms with Crippen LogP contribution in [0.15, 0.2) is 0 Å². The highest BCUT2D eigenvalue weighted by Crippen LogP contribution is 2.08. The molecule has 0 aromatic rings. The van der Waals surface area contributed by atoms with E-state index in [2.05, 4.69) is 15.9 Å². The van der Waals surface area contributed by atoms with Crippen molar-refractivity contribution < 1.29 is 24.8 Å². The van der Waals surface area contributed by atoms with E-state index in [1.807, 2.05) is 41.5 Å². The van der Waals surface area contributed by atoms with E-state index in [9.17, 15) is 14.0 Å². The maximum atomic E-state index is 10.8. The van der Waals surface area contributed by atoms with Crippen LogP contribution in [-0.2, 0) is 19.1 Å². The molecule has 4 nitrogen and oxygen atoms in total. The van der Waals surface area contributed by atoms with E-state index in [1.54, 1.807) is 0 Å². The third-order valence-electron chi connectivity index (χ3n) is 1.17. The number of alkyl halides is 2. The predicted molar refractivity (Wildman–Crippen MR) is 82.8 cm³/mol. The fourth-order valence-electron chi connectivity index (χ4n) is 0.901. The molecule has 0 saturated carbocycles. The van der Waals surface area contributed by atoms with Crippen molar-refractivity contribution in [2.75, 3.05) is 12.5 Å². The normalized spacial score (nSPS) is 10.9. The number of hydrogen-bond acceptors (Lipinski definition) is 4. The van der Waals surface area contributed by atoms with Crippen LogP contribution in [0.4, 0.5) is 4.39 Å². The minimum Gasteiger partial charge on any atom is -0.460 e. The first-order valence-corrected chi connectivity index (χ1v) is 7.23. The summed E-state index contributed by atoms with van der Waals surface area (Å²) in [5.74, 6) is -0.373. The lowest BCUT2D eigenvalue weighted by Crippen LogP contribution is -2.23. The van der Waals surface area contributed by atoms with Crippen LogP contribution >= 0.6 is 15.9 Å². The zero-order valence-electron chi connectivity index (χ0n) is 14.5. The summed E-state index contributed by atoms with van der Waals surface area (Å²) in [6, 6.07) is 0. The monoisotopic (exact) mass is 359 g/mol. The number of halogens is 2. The van der Waals surface area contributed by atoms with Gasteiger partial charge in [-0.05, 0) is 41.5 Å². The van der Waals surface area contributed by atoms with Gasteiger partial charge in [0, 0.05) is 12.3 Å². The van der Waals surface area contributed by atoms with E-state index in [0.29, 0.717) is 11.8 Å². The summed E-state index contributed by atoms with van der Waals surface area (Å²) in [5.41, 5.74) is -0.676. The van der Waals surface area contributed by atoms with Crippen LogP contribution in [0.25, 0.3) is 0 Å². The third-order valence-corrected chi connectivity index (χ3v) is 1.57. The van der Waals surface area contributed by atoms with Crippen LogP contribution in [0.5, 0.6) is 0 Å². The van der Waals surface area contributed by atoms with E-state index in [-0.39, 0.29) is 23.1 Å². The molecule has 0 aliphatic heterocycles. The topological polar surface area (TPSA) is 52.6 Å². The van der Waals surface area contributed by atoms with Crippen molar-refractivity contribution in [2.24, 2.45) is 0 Å². The SMILES string of the molecule is CC(=O)OC(C)(C)C.CC(C)(C)OC(=O)CCBr.[2H]CF. The van der Waals surface area contributed by atoms with Gasteiger partial charge in [0.15, 0.2) is 0 Å². The van der Waals surface area contributed by atoms with Crippen molar-refractivity contribution in [3.8, 4) is 0 Å². The van der Waals surface area contributed by atoms with Crippen molar-refractivity contribution >= 4 is 27.9 Å². The van der Waals surface area contributed by atoms with E-state index in [4.69, 9.17) is 10.8 Å². The number of esters is 2. The van der Waals surface area contributed by atoms with Gasteiger partial charge >= 0.3 is 11.9 Å². The second-order valence-electron chi connectivity index (χ2n) is 5.73. The van der Waals surface area contributed by atoms with Gasteiger partial charge in [0.05, 0.1) is 14.9 Å². The van der Waals surface area contributed by atoms with Gasteiger partial charge in [0.25, 0.3) is 0 Å². The summed E-state index contributed by atoms with van der Waals surface area (Å²) < 4.78 is 25.3.